The topological polar surface area (TPSA) is 58.6 Å². The highest BCUT2D eigenvalue weighted by Crippen LogP contribution is 2.36. The fourth-order valence-corrected chi connectivity index (χ4v) is 2.46. The Balaban J connectivity index is 2.06. The summed E-state index contributed by atoms with van der Waals surface area (Å²) in [5, 5.41) is 2.88. The van der Waals surface area contributed by atoms with E-state index in [-0.39, 0.29) is 24.0 Å². The third kappa shape index (κ3) is 2.91. The number of piperazine rings is 1. The zero-order valence-corrected chi connectivity index (χ0v) is 12.2. The predicted octanol–water partition coefficient (Wildman–Crippen LogP) is 0.927. The number of carbonyl (C=O) groups is 2. The number of hydrogen-bond donors (Lipinski definition) is 1. The summed E-state index contributed by atoms with van der Waals surface area (Å²) < 4.78 is 5.51. The number of rotatable bonds is 5. The summed E-state index contributed by atoms with van der Waals surface area (Å²) in [6.45, 7) is 8.45. The second kappa shape index (κ2) is 5.12. The Bertz CT molecular complexity index is 375. The zero-order chi connectivity index (χ0) is 14.2. The van der Waals surface area contributed by atoms with Crippen molar-refractivity contribution in [3.8, 4) is 0 Å². The molecule has 1 unspecified atom stereocenters. The zero-order valence-electron chi connectivity index (χ0n) is 12.2. The normalized spacial score (nSPS) is 26.8. The average molecular weight is 268 g/mol. The largest absolute Gasteiger partial charge is 0.377 e. The molecular formula is C14H24N2O3. The SMILES string of the molecule is CC(C)OCCN1C(=O)C(C2CC2)NC(=O)C1(C)C. The number of nitrogens with one attached hydrogen (secondary N) is 1. The first-order valence-electron chi connectivity index (χ1n) is 7.08. The van der Waals surface area contributed by atoms with E-state index in [0.29, 0.717) is 19.1 Å². The molecule has 2 amide bonds. The molecular weight excluding hydrogens is 244 g/mol. The van der Waals surface area contributed by atoms with E-state index in [1.807, 2.05) is 13.8 Å². The molecule has 0 aromatic rings. The van der Waals surface area contributed by atoms with Crippen molar-refractivity contribution in [3.63, 3.8) is 0 Å². The fourth-order valence-electron chi connectivity index (χ4n) is 2.46. The quantitative estimate of drug-likeness (QED) is 0.807. The Morgan fingerprint density at radius 1 is 1.37 bits per heavy atom. The summed E-state index contributed by atoms with van der Waals surface area (Å²) in [6.07, 6.45) is 2.21. The van der Waals surface area contributed by atoms with E-state index in [2.05, 4.69) is 5.32 Å². The van der Waals surface area contributed by atoms with Crippen molar-refractivity contribution in [3.05, 3.63) is 0 Å². The summed E-state index contributed by atoms with van der Waals surface area (Å²) >= 11 is 0. The lowest BCUT2D eigenvalue weighted by molar-refractivity contribution is -0.157. The Labute approximate surface area is 114 Å². The van der Waals surface area contributed by atoms with Gasteiger partial charge in [-0.3, -0.25) is 9.59 Å². The van der Waals surface area contributed by atoms with E-state index in [1.54, 1.807) is 18.7 Å². The van der Waals surface area contributed by atoms with Gasteiger partial charge in [0.15, 0.2) is 0 Å². The van der Waals surface area contributed by atoms with Crippen LogP contribution in [0.2, 0.25) is 0 Å². The van der Waals surface area contributed by atoms with Gasteiger partial charge in [0.05, 0.1) is 12.7 Å². The van der Waals surface area contributed by atoms with Gasteiger partial charge in [0.25, 0.3) is 0 Å². The minimum absolute atomic E-state index is 0.0412. The number of carbonyl (C=O) groups excluding carboxylic acids is 2. The molecule has 5 heteroatoms. The molecule has 108 valence electrons. The highest BCUT2D eigenvalue weighted by Gasteiger charge is 2.50. The van der Waals surface area contributed by atoms with Gasteiger partial charge in [-0.15, -0.1) is 0 Å². The molecule has 0 radical (unpaired) electrons. The minimum Gasteiger partial charge on any atom is -0.377 e. The number of hydrogen-bond acceptors (Lipinski definition) is 3. The molecule has 2 fully saturated rings. The van der Waals surface area contributed by atoms with Crippen molar-refractivity contribution in [1.29, 1.82) is 0 Å². The summed E-state index contributed by atoms with van der Waals surface area (Å²) in [7, 11) is 0. The number of amides is 2. The van der Waals surface area contributed by atoms with Crippen LogP contribution < -0.4 is 5.32 Å². The highest BCUT2D eigenvalue weighted by atomic mass is 16.5. The first-order valence-corrected chi connectivity index (χ1v) is 7.08. The molecule has 1 aliphatic heterocycles. The Kier molecular flexibility index (Phi) is 3.85. The van der Waals surface area contributed by atoms with Crippen LogP contribution in [0.1, 0.15) is 40.5 Å². The smallest absolute Gasteiger partial charge is 0.246 e. The van der Waals surface area contributed by atoms with Crippen molar-refractivity contribution in [2.24, 2.45) is 5.92 Å². The molecule has 5 nitrogen and oxygen atoms in total. The van der Waals surface area contributed by atoms with E-state index in [9.17, 15) is 9.59 Å². The van der Waals surface area contributed by atoms with Gasteiger partial charge in [-0.05, 0) is 46.5 Å². The van der Waals surface area contributed by atoms with Crippen LogP contribution in [0.15, 0.2) is 0 Å². The van der Waals surface area contributed by atoms with Gasteiger partial charge in [-0.1, -0.05) is 0 Å². The second-order valence-corrected chi connectivity index (χ2v) is 6.26. The summed E-state index contributed by atoms with van der Waals surface area (Å²) in [6, 6.07) is -0.320. The molecule has 2 aliphatic rings. The monoisotopic (exact) mass is 268 g/mol. The van der Waals surface area contributed by atoms with Crippen molar-refractivity contribution in [2.45, 2.75) is 58.2 Å². The maximum absolute atomic E-state index is 12.5. The van der Waals surface area contributed by atoms with Crippen LogP contribution >= 0.6 is 0 Å². The van der Waals surface area contributed by atoms with Crippen LogP contribution in [0.5, 0.6) is 0 Å². The first-order chi connectivity index (χ1) is 8.84. The lowest BCUT2D eigenvalue weighted by Gasteiger charge is -2.44. The van der Waals surface area contributed by atoms with E-state index in [0.717, 1.165) is 12.8 Å². The third-order valence-corrected chi connectivity index (χ3v) is 3.91. The molecule has 1 atom stereocenters. The van der Waals surface area contributed by atoms with E-state index in [4.69, 9.17) is 4.74 Å². The van der Waals surface area contributed by atoms with Crippen molar-refractivity contribution < 1.29 is 14.3 Å². The average Bonchev–Trinajstić information content (AvgIpc) is 3.12. The van der Waals surface area contributed by atoms with Crippen LogP contribution in [-0.4, -0.2) is 47.6 Å². The lowest BCUT2D eigenvalue weighted by Crippen LogP contribution is -2.69. The molecule has 0 aromatic heterocycles. The minimum atomic E-state index is -0.789. The molecule has 0 spiro atoms. The van der Waals surface area contributed by atoms with Gasteiger partial charge >= 0.3 is 0 Å². The van der Waals surface area contributed by atoms with Crippen LogP contribution in [0.25, 0.3) is 0 Å². The van der Waals surface area contributed by atoms with E-state index >= 15 is 0 Å². The maximum Gasteiger partial charge on any atom is 0.246 e. The van der Waals surface area contributed by atoms with Crippen LogP contribution in [-0.2, 0) is 14.3 Å². The summed E-state index contributed by atoms with van der Waals surface area (Å²) in [4.78, 5) is 26.3. The number of ether oxygens (including phenoxy) is 1. The third-order valence-electron chi connectivity index (χ3n) is 3.91. The molecule has 1 saturated heterocycles. The predicted molar refractivity (Wildman–Crippen MR) is 71.5 cm³/mol. The first kappa shape index (κ1) is 14.3. The lowest BCUT2D eigenvalue weighted by atomic mass is 9.94. The van der Waals surface area contributed by atoms with E-state index in [1.165, 1.54) is 0 Å². The van der Waals surface area contributed by atoms with Crippen molar-refractivity contribution in [1.82, 2.24) is 10.2 Å². The van der Waals surface area contributed by atoms with Gasteiger partial charge < -0.3 is 15.0 Å². The van der Waals surface area contributed by atoms with Gasteiger partial charge in [-0.2, -0.15) is 0 Å². The Morgan fingerprint density at radius 2 is 2.00 bits per heavy atom. The Morgan fingerprint density at radius 3 is 2.53 bits per heavy atom. The molecule has 19 heavy (non-hydrogen) atoms. The standard InChI is InChI=1S/C14H24N2O3/c1-9(2)19-8-7-16-12(17)11(10-5-6-10)15-13(18)14(16,3)4/h9-11H,5-8H2,1-4H3,(H,15,18). The van der Waals surface area contributed by atoms with Gasteiger partial charge in [-0.25, -0.2) is 0 Å². The van der Waals surface area contributed by atoms with Gasteiger partial charge in [0.1, 0.15) is 11.6 Å². The second-order valence-electron chi connectivity index (χ2n) is 6.26. The van der Waals surface area contributed by atoms with E-state index < -0.39 is 5.54 Å². The summed E-state index contributed by atoms with van der Waals surface area (Å²) in [5.74, 6) is 0.314. The van der Waals surface area contributed by atoms with Crippen LogP contribution in [0.3, 0.4) is 0 Å². The molecule has 2 rings (SSSR count). The Hall–Kier alpha value is -1.10. The highest BCUT2D eigenvalue weighted by molar-refractivity contribution is 5.99. The fraction of sp³-hybridized carbons (Fsp3) is 0.857. The molecule has 1 heterocycles. The molecule has 1 saturated carbocycles. The molecule has 1 N–H and O–H groups in total. The molecule has 0 bridgehead atoms. The molecule has 1 aliphatic carbocycles. The van der Waals surface area contributed by atoms with Crippen LogP contribution in [0, 0.1) is 5.92 Å². The van der Waals surface area contributed by atoms with Crippen molar-refractivity contribution in [2.75, 3.05) is 13.2 Å². The van der Waals surface area contributed by atoms with Crippen LogP contribution in [0.4, 0.5) is 0 Å². The van der Waals surface area contributed by atoms with Gasteiger partial charge in [0, 0.05) is 6.54 Å². The molecule has 0 aromatic carbocycles. The van der Waals surface area contributed by atoms with Crippen molar-refractivity contribution >= 4 is 11.8 Å². The summed E-state index contributed by atoms with van der Waals surface area (Å²) in [5.41, 5.74) is -0.789. The number of nitrogens with zero attached hydrogens (tertiary/aromatic N) is 1. The van der Waals surface area contributed by atoms with Gasteiger partial charge in [0.2, 0.25) is 11.8 Å². The maximum atomic E-state index is 12.5.